The smallest absolute Gasteiger partial charge is 0.0945 e. The summed E-state index contributed by atoms with van der Waals surface area (Å²) in [7, 11) is 5.89. The zero-order valence-corrected chi connectivity index (χ0v) is 13.6. The van der Waals surface area contributed by atoms with Gasteiger partial charge in [-0.1, -0.05) is 0 Å². The van der Waals surface area contributed by atoms with E-state index in [1.54, 1.807) is 7.11 Å². The molecule has 1 aromatic rings. The Bertz CT molecular complexity index is 378. The molecule has 0 amide bonds. The quantitative estimate of drug-likeness (QED) is 0.806. The third-order valence-electron chi connectivity index (χ3n) is 3.68. The number of hydrogen-bond donors (Lipinski definition) is 1. The Labute approximate surface area is 125 Å². The first-order chi connectivity index (χ1) is 9.72. The fraction of sp³-hybridized carbons (Fsp3) is 0.786. The van der Waals surface area contributed by atoms with E-state index in [1.165, 1.54) is 36.1 Å². The van der Waals surface area contributed by atoms with E-state index in [-0.39, 0.29) is 0 Å². The maximum atomic E-state index is 5.23. The van der Waals surface area contributed by atoms with Gasteiger partial charge in [0, 0.05) is 57.7 Å². The standard InChI is InChI=1S/C14H26N4OS/c1-15-10-13-12(11-19-3)16-14(20-13)4-5-18-8-6-17(2)7-9-18/h15H,4-11H2,1-3H3. The SMILES string of the molecule is CNCc1sc(CCN2CCN(C)CC2)nc1COC. The Kier molecular flexibility index (Phi) is 6.38. The van der Waals surface area contributed by atoms with Crippen LogP contribution in [0.1, 0.15) is 15.6 Å². The maximum absolute atomic E-state index is 5.23. The van der Waals surface area contributed by atoms with Crippen LogP contribution in [-0.4, -0.2) is 68.7 Å². The van der Waals surface area contributed by atoms with Crippen LogP contribution in [0.3, 0.4) is 0 Å². The highest BCUT2D eigenvalue weighted by atomic mass is 32.1. The van der Waals surface area contributed by atoms with Gasteiger partial charge in [-0.15, -0.1) is 11.3 Å². The highest BCUT2D eigenvalue weighted by Gasteiger charge is 2.15. The molecule has 0 spiro atoms. The van der Waals surface area contributed by atoms with Crippen LogP contribution in [0, 0.1) is 0 Å². The number of methoxy groups -OCH3 is 1. The Morgan fingerprint density at radius 3 is 2.70 bits per heavy atom. The number of ether oxygens (including phenoxy) is 1. The second-order valence-corrected chi connectivity index (χ2v) is 6.50. The van der Waals surface area contributed by atoms with Gasteiger partial charge in [-0.2, -0.15) is 0 Å². The summed E-state index contributed by atoms with van der Waals surface area (Å²) in [5, 5.41) is 4.44. The summed E-state index contributed by atoms with van der Waals surface area (Å²) >= 11 is 1.82. The van der Waals surface area contributed by atoms with Crippen molar-refractivity contribution in [3.05, 3.63) is 15.6 Å². The van der Waals surface area contributed by atoms with E-state index in [0.29, 0.717) is 6.61 Å². The molecule has 0 saturated carbocycles. The van der Waals surface area contributed by atoms with Gasteiger partial charge in [-0.3, -0.25) is 0 Å². The number of thiazole rings is 1. The Morgan fingerprint density at radius 2 is 2.05 bits per heavy atom. The molecule has 2 rings (SSSR count). The summed E-state index contributed by atoms with van der Waals surface area (Å²) in [4.78, 5) is 11.0. The van der Waals surface area contributed by atoms with Crippen LogP contribution in [0.15, 0.2) is 0 Å². The largest absolute Gasteiger partial charge is 0.378 e. The zero-order valence-electron chi connectivity index (χ0n) is 12.8. The lowest BCUT2D eigenvalue weighted by atomic mass is 10.3. The van der Waals surface area contributed by atoms with E-state index in [4.69, 9.17) is 9.72 Å². The molecule has 20 heavy (non-hydrogen) atoms. The molecule has 6 heteroatoms. The molecule has 1 N–H and O–H groups in total. The predicted molar refractivity (Wildman–Crippen MR) is 83.2 cm³/mol. The van der Waals surface area contributed by atoms with Gasteiger partial charge in [0.1, 0.15) is 0 Å². The van der Waals surface area contributed by atoms with E-state index < -0.39 is 0 Å². The fourth-order valence-electron chi connectivity index (χ4n) is 2.42. The van der Waals surface area contributed by atoms with Crippen LogP contribution in [0.25, 0.3) is 0 Å². The summed E-state index contributed by atoms with van der Waals surface area (Å²) in [6.07, 6.45) is 1.05. The molecule has 1 aliphatic heterocycles. The van der Waals surface area contributed by atoms with Crippen molar-refractivity contribution in [2.75, 3.05) is 53.9 Å². The first-order valence-electron chi connectivity index (χ1n) is 7.24. The molecular weight excluding hydrogens is 272 g/mol. The monoisotopic (exact) mass is 298 g/mol. The summed E-state index contributed by atoms with van der Waals surface area (Å²) in [5.74, 6) is 0. The third-order valence-corrected chi connectivity index (χ3v) is 4.84. The molecule has 0 atom stereocenters. The van der Waals surface area contributed by atoms with E-state index >= 15 is 0 Å². The number of rotatable bonds is 7. The van der Waals surface area contributed by atoms with Crippen LogP contribution in [0.4, 0.5) is 0 Å². The fourth-order valence-corrected chi connectivity index (χ4v) is 3.49. The predicted octanol–water partition coefficient (Wildman–Crippen LogP) is 0.799. The summed E-state index contributed by atoms with van der Waals surface area (Å²) < 4.78 is 5.23. The van der Waals surface area contributed by atoms with Crippen molar-refractivity contribution >= 4 is 11.3 Å². The number of aromatic nitrogens is 1. The van der Waals surface area contributed by atoms with Gasteiger partial charge in [-0.05, 0) is 14.1 Å². The van der Waals surface area contributed by atoms with Gasteiger partial charge in [0.15, 0.2) is 0 Å². The Hall–Kier alpha value is -0.530. The summed E-state index contributed by atoms with van der Waals surface area (Å²) in [6, 6.07) is 0. The van der Waals surface area contributed by atoms with Crippen molar-refractivity contribution in [3.8, 4) is 0 Å². The highest BCUT2D eigenvalue weighted by molar-refractivity contribution is 7.11. The maximum Gasteiger partial charge on any atom is 0.0945 e. The minimum atomic E-state index is 0.613. The van der Waals surface area contributed by atoms with Crippen molar-refractivity contribution in [2.24, 2.45) is 0 Å². The lowest BCUT2D eigenvalue weighted by molar-refractivity contribution is 0.155. The van der Waals surface area contributed by atoms with Crippen molar-refractivity contribution in [3.63, 3.8) is 0 Å². The van der Waals surface area contributed by atoms with Crippen LogP contribution >= 0.6 is 11.3 Å². The molecule has 0 aliphatic carbocycles. The van der Waals surface area contributed by atoms with Crippen molar-refractivity contribution in [2.45, 2.75) is 19.6 Å². The molecule has 2 heterocycles. The average molecular weight is 298 g/mol. The Morgan fingerprint density at radius 1 is 1.30 bits per heavy atom. The molecule has 1 aromatic heterocycles. The van der Waals surface area contributed by atoms with Crippen molar-refractivity contribution < 1.29 is 4.74 Å². The minimum absolute atomic E-state index is 0.613. The number of piperazine rings is 1. The molecule has 0 unspecified atom stereocenters. The summed E-state index contributed by atoms with van der Waals surface area (Å²) in [6.45, 7) is 7.32. The van der Waals surface area contributed by atoms with Gasteiger partial charge in [0.2, 0.25) is 0 Å². The molecule has 0 aromatic carbocycles. The molecule has 1 aliphatic rings. The molecule has 114 valence electrons. The second kappa shape index (κ2) is 8.05. The van der Waals surface area contributed by atoms with E-state index in [1.807, 2.05) is 18.4 Å². The van der Waals surface area contributed by atoms with Crippen molar-refractivity contribution in [1.82, 2.24) is 20.1 Å². The molecule has 1 saturated heterocycles. The van der Waals surface area contributed by atoms with Gasteiger partial charge in [0.05, 0.1) is 17.3 Å². The molecule has 5 nitrogen and oxygen atoms in total. The lowest BCUT2D eigenvalue weighted by Crippen LogP contribution is -2.45. The van der Waals surface area contributed by atoms with Gasteiger partial charge < -0.3 is 19.9 Å². The molecule has 1 fully saturated rings. The van der Waals surface area contributed by atoms with Gasteiger partial charge in [-0.25, -0.2) is 4.98 Å². The van der Waals surface area contributed by atoms with E-state index in [2.05, 4.69) is 22.2 Å². The number of hydrogen-bond acceptors (Lipinski definition) is 6. The normalized spacial score (nSPS) is 17.8. The zero-order chi connectivity index (χ0) is 14.4. The van der Waals surface area contributed by atoms with Crippen LogP contribution in [-0.2, 0) is 24.3 Å². The van der Waals surface area contributed by atoms with Crippen LogP contribution in [0.2, 0.25) is 0 Å². The highest BCUT2D eigenvalue weighted by Crippen LogP contribution is 2.20. The minimum Gasteiger partial charge on any atom is -0.378 e. The Balaban J connectivity index is 1.87. The number of nitrogens with one attached hydrogen (secondary N) is 1. The van der Waals surface area contributed by atoms with Gasteiger partial charge >= 0.3 is 0 Å². The lowest BCUT2D eigenvalue weighted by Gasteiger charge is -2.32. The first kappa shape index (κ1) is 15.9. The van der Waals surface area contributed by atoms with E-state index in [9.17, 15) is 0 Å². The third kappa shape index (κ3) is 4.49. The molecule has 0 bridgehead atoms. The second-order valence-electron chi connectivity index (χ2n) is 5.34. The van der Waals surface area contributed by atoms with Gasteiger partial charge in [0.25, 0.3) is 0 Å². The average Bonchev–Trinajstić information content (AvgIpc) is 2.82. The topological polar surface area (TPSA) is 40.6 Å². The first-order valence-corrected chi connectivity index (χ1v) is 8.06. The number of likely N-dealkylation sites (N-methyl/N-ethyl adjacent to an activating group) is 1. The molecule has 0 radical (unpaired) electrons. The van der Waals surface area contributed by atoms with Crippen LogP contribution in [0.5, 0.6) is 0 Å². The van der Waals surface area contributed by atoms with Crippen molar-refractivity contribution in [1.29, 1.82) is 0 Å². The number of nitrogens with zero attached hydrogens (tertiary/aromatic N) is 3. The molecular formula is C14H26N4OS. The van der Waals surface area contributed by atoms with E-state index in [0.717, 1.165) is 25.2 Å². The summed E-state index contributed by atoms with van der Waals surface area (Å²) in [5.41, 5.74) is 1.10. The van der Waals surface area contributed by atoms with Crippen LogP contribution < -0.4 is 5.32 Å².